The van der Waals surface area contributed by atoms with Crippen LogP contribution in [0.15, 0.2) is 59.2 Å². The first-order valence-electron chi connectivity index (χ1n) is 6.78. The summed E-state index contributed by atoms with van der Waals surface area (Å²) >= 11 is 0. The molecule has 0 radical (unpaired) electrons. The highest BCUT2D eigenvalue weighted by atomic mass is 16.3. The fraction of sp³-hybridized carbons (Fsp3) is 0.176. The third kappa shape index (κ3) is 2.28. The Kier molecular flexibility index (Phi) is 3.44. The van der Waals surface area contributed by atoms with E-state index in [1.165, 1.54) is 5.56 Å². The van der Waals surface area contributed by atoms with E-state index in [0.717, 1.165) is 22.2 Å². The van der Waals surface area contributed by atoms with Gasteiger partial charge in [0.2, 0.25) is 0 Å². The van der Waals surface area contributed by atoms with Crippen molar-refractivity contribution >= 4 is 16.7 Å². The van der Waals surface area contributed by atoms with Crippen molar-refractivity contribution in [1.29, 1.82) is 0 Å². The van der Waals surface area contributed by atoms with Crippen molar-refractivity contribution < 1.29 is 4.42 Å². The molecule has 0 bridgehead atoms. The van der Waals surface area contributed by atoms with Gasteiger partial charge in [0.15, 0.2) is 0 Å². The summed E-state index contributed by atoms with van der Waals surface area (Å²) in [4.78, 5) is 0. The highest BCUT2D eigenvalue weighted by Gasteiger charge is 2.16. The fourth-order valence-corrected chi connectivity index (χ4v) is 2.45. The minimum absolute atomic E-state index is 0.0414. The lowest BCUT2D eigenvalue weighted by Gasteiger charge is -2.18. The molecule has 3 nitrogen and oxygen atoms in total. The van der Waals surface area contributed by atoms with Crippen molar-refractivity contribution in [1.82, 2.24) is 0 Å². The maximum Gasteiger partial charge on any atom is 0.134 e. The van der Waals surface area contributed by atoms with E-state index >= 15 is 0 Å². The summed E-state index contributed by atoms with van der Waals surface area (Å²) in [7, 11) is 0. The molecule has 0 saturated carbocycles. The minimum atomic E-state index is 0.0414. The summed E-state index contributed by atoms with van der Waals surface area (Å²) in [6.07, 6.45) is 1.80. The first-order chi connectivity index (χ1) is 9.79. The van der Waals surface area contributed by atoms with E-state index in [1.54, 1.807) is 6.26 Å². The third-order valence-electron chi connectivity index (χ3n) is 3.60. The van der Waals surface area contributed by atoms with Crippen LogP contribution in [0.5, 0.6) is 0 Å². The molecule has 0 spiro atoms. The van der Waals surface area contributed by atoms with Gasteiger partial charge in [0, 0.05) is 23.2 Å². The Bertz CT molecular complexity index is 718. The van der Waals surface area contributed by atoms with Gasteiger partial charge in [0.25, 0.3) is 0 Å². The number of rotatable bonds is 4. The highest BCUT2D eigenvalue weighted by Crippen LogP contribution is 2.29. The van der Waals surface area contributed by atoms with Gasteiger partial charge in [-0.1, -0.05) is 36.4 Å². The molecule has 0 aliphatic rings. The second-order valence-corrected chi connectivity index (χ2v) is 4.93. The largest absolute Gasteiger partial charge is 0.464 e. The van der Waals surface area contributed by atoms with Crippen molar-refractivity contribution in [2.45, 2.75) is 13.0 Å². The Labute approximate surface area is 118 Å². The Morgan fingerprint density at radius 1 is 1.10 bits per heavy atom. The van der Waals surface area contributed by atoms with E-state index in [0.29, 0.717) is 6.54 Å². The average molecular weight is 266 g/mol. The summed E-state index contributed by atoms with van der Waals surface area (Å²) in [6.45, 7) is 2.60. The van der Waals surface area contributed by atoms with Crippen LogP contribution in [0.1, 0.15) is 17.2 Å². The molecule has 1 aromatic heterocycles. The maximum absolute atomic E-state index is 5.95. The van der Waals surface area contributed by atoms with Gasteiger partial charge in [0.05, 0.1) is 12.3 Å². The van der Waals surface area contributed by atoms with Crippen LogP contribution in [0.3, 0.4) is 0 Å². The Morgan fingerprint density at radius 2 is 1.85 bits per heavy atom. The molecular weight excluding hydrogens is 248 g/mol. The molecule has 3 heteroatoms. The Hall–Kier alpha value is -2.26. The molecule has 3 aromatic rings. The first kappa shape index (κ1) is 12.8. The standard InChI is InChI=1S/C17H18N2O/c1-12-6-2-4-8-15(12)19-16(10-18)14-11-20-17-9-5-3-7-13(14)17/h2-9,11,16,19H,10,18H2,1H3. The van der Waals surface area contributed by atoms with Gasteiger partial charge in [0.1, 0.15) is 5.58 Å². The number of hydrogen-bond acceptors (Lipinski definition) is 3. The SMILES string of the molecule is Cc1ccccc1NC(CN)c1coc2ccccc12. The molecule has 3 N–H and O–H groups in total. The number of fused-ring (bicyclic) bond motifs is 1. The zero-order valence-electron chi connectivity index (χ0n) is 11.5. The molecule has 0 saturated heterocycles. The Morgan fingerprint density at radius 3 is 2.65 bits per heavy atom. The first-order valence-corrected chi connectivity index (χ1v) is 6.78. The minimum Gasteiger partial charge on any atom is -0.464 e. The molecule has 0 aliphatic heterocycles. The average Bonchev–Trinajstić information content (AvgIpc) is 2.90. The molecule has 2 aromatic carbocycles. The number of hydrogen-bond donors (Lipinski definition) is 2. The molecule has 102 valence electrons. The summed E-state index contributed by atoms with van der Waals surface area (Å²) in [6, 6.07) is 16.3. The van der Waals surface area contributed by atoms with Crippen LogP contribution in [-0.4, -0.2) is 6.54 Å². The molecule has 1 heterocycles. The number of benzene rings is 2. The van der Waals surface area contributed by atoms with Crippen LogP contribution < -0.4 is 11.1 Å². The van der Waals surface area contributed by atoms with E-state index in [1.807, 2.05) is 30.3 Å². The molecule has 20 heavy (non-hydrogen) atoms. The molecule has 0 fully saturated rings. The number of para-hydroxylation sites is 2. The fourth-order valence-electron chi connectivity index (χ4n) is 2.45. The van der Waals surface area contributed by atoms with Crippen LogP contribution in [0, 0.1) is 6.92 Å². The van der Waals surface area contributed by atoms with Crippen molar-refractivity contribution in [2.75, 3.05) is 11.9 Å². The molecule has 1 atom stereocenters. The highest BCUT2D eigenvalue weighted by molar-refractivity contribution is 5.82. The predicted octanol–water partition coefficient (Wildman–Crippen LogP) is 3.85. The van der Waals surface area contributed by atoms with Crippen LogP contribution >= 0.6 is 0 Å². The maximum atomic E-state index is 5.95. The lowest BCUT2D eigenvalue weighted by Crippen LogP contribution is -2.20. The zero-order chi connectivity index (χ0) is 13.9. The van der Waals surface area contributed by atoms with Crippen LogP contribution in [0.4, 0.5) is 5.69 Å². The number of nitrogens with two attached hydrogens (primary N) is 1. The monoisotopic (exact) mass is 266 g/mol. The number of nitrogens with one attached hydrogen (secondary N) is 1. The van der Waals surface area contributed by atoms with Gasteiger partial charge in [-0.05, 0) is 24.6 Å². The second kappa shape index (κ2) is 5.39. The van der Waals surface area contributed by atoms with E-state index in [9.17, 15) is 0 Å². The van der Waals surface area contributed by atoms with Crippen molar-refractivity contribution in [3.8, 4) is 0 Å². The van der Waals surface area contributed by atoms with Crippen LogP contribution in [0.25, 0.3) is 11.0 Å². The number of aryl methyl sites for hydroxylation is 1. The van der Waals surface area contributed by atoms with Gasteiger partial charge in [-0.3, -0.25) is 0 Å². The van der Waals surface area contributed by atoms with Crippen LogP contribution in [0.2, 0.25) is 0 Å². The van der Waals surface area contributed by atoms with Crippen LogP contribution in [-0.2, 0) is 0 Å². The summed E-state index contributed by atoms with van der Waals surface area (Å²) in [5.41, 5.74) is 10.3. The molecule has 3 rings (SSSR count). The van der Waals surface area contributed by atoms with E-state index in [-0.39, 0.29) is 6.04 Å². The molecule has 0 amide bonds. The predicted molar refractivity (Wildman–Crippen MR) is 82.8 cm³/mol. The van der Waals surface area contributed by atoms with Gasteiger partial charge >= 0.3 is 0 Å². The smallest absolute Gasteiger partial charge is 0.134 e. The van der Waals surface area contributed by atoms with Gasteiger partial charge in [-0.2, -0.15) is 0 Å². The van der Waals surface area contributed by atoms with E-state index < -0.39 is 0 Å². The lowest BCUT2D eigenvalue weighted by molar-refractivity contribution is 0.604. The third-order valence-corrected chi connectivity index (χ3v) is 3.60. The summed E-state index contributed by atoms with van der Waals surface area (Å²) in [5.74, 6) is 0. The summed E-state index contributed by atoms with van der Waals surface area (Å²) < 4.78 is 5.60. The quantitative estimate of drug-likeness (QED) is 0.754. The van der Waals surface area contributed by atoms with E-state index in [4.69, 9.17) is 10.2 Å². The molecular formula is C17H18N2O. The summed E-state index contributed by atoms with van der Waals surface area (Å²) in [5, 5.41) is 4.62. The lowest BCUT2D eigenvalue weighted by atomic mass is 10.0. The second-order valence-electron chi connectivity index (χ2n) is 4.93. The molecule has 0 aliphatic carbocycles. The number of furan rings is 1. The topological polar surface area (TPSA) is 51.2 Å². The van der Waals surface area contributed by atoms with Gasteiger partial charge in [-0.25, -0.2) is 0 Å². The Balaban J connectivity index is 1.96. The van der Waals surface area contributed by atoms with Crippen molar-refractivity contribution in [3.05, 3.63) is 65.9 Å². The molecule has 1 unspecified atom stereocenters. The van der Waals surface area contributed by atoms with E-state index in [2.05, 4.69) is 30.4 Å². The zero-order valence-corrected chi connectivity index (χ0v) is 11.5. The normalized spacial score (nSPS) is 12.5. The van der Waals surface area contributed by atoms with Gasteiger partial charge < -0.3 is 15.5 Å². The van der Waals surface area contributed by atoms with Crippen molar-refractivity contribution in [2.24, 2.45) is 5.73 Å². The van der Waals surface area contributed by atoms with Gasteiger partial charge in [-0.15, -0.1) is 0 Å². The van der Waals surface area contributed by atoms with Crippen molar-refractivity contribution in [3.63, 3.8) is 0 Å². The number of anilines is 1.